The lowest BCUT2D eigenvalue weighted by atomic mass is 9.80. The lowest BCUT2D eigenvalue weighted by Crippen LogP contribution is -2.78. The summed E-state index contributed by atoms with van der Waals surface area (Å²) in [6, 6.07) is 16.5. The molecule has 0 spiro atoms. The van der Waals surface area contributed by atoms with E-state index in [1.165, 1.54) is 12.1 Å². The van der Waals surface area contributed by atoms with Crippen molar-refractivity contribution in [2.75, 3.05) is 6.61 Å². The highest BCUT2D eigenvalue weighted by Gasteiger charge is 2.79. The van der Waals surface area contributed by atoms with Crippen LogP contribution in [-0.2, 0) is 14.2 Å². The van der Waals surface area contributed by atoms with Crippen LogP contribution < -0.4 is 0 Å². The van der Waals surface area contributed by atoms with E-state index in [9.17, 15) is 18.3 Å². The van der Waals surface area contributed by atoms with Crippen LogP contribution in [0.25, 0.3) is 10.4 Å². The number of thioether (sulfide) groups is 1. The van der Waals surface area contributed by atoms with Crippen molar-refractivity contribution in [3.05, 3.63) is 76.7 Å². The smallest absolute Gasteiger partial charge is 0.387 e. The van der Waals surface area contributed by atoms with Gasteiger partial charge in [-0.1, -0.05) is 65.4 Å². The van der Waals surface area contributed by atoms with Crippen molar-refractivity contribution in [2.45, 2.75) is 45.6 Å². The Kier molecular flexibility index (Phi) is 6.34. The fourth-order valence-electron chi connectivity index (χ4n) is 3.80. The Labute approximate surface area is 190 Å². The molecule has 7 nitrogen and oxygen atoms in total. The van der Waals surface area contributed by atoms with Gasteiger partial charge < -0.3 is 19.3 Å². The second-order valence-corrected chi connectivity index (χ2v) is 8.91. The maximum absolute atomic E-state index is 14.7. The second kappa shape index (κ2) is 8.75. The molecule has 0 aromatic heterocycles. The van der Waals surface area contributed by atoms with E-state index in [4.69, 9.17) is 31.3 Å². The highest BCUT2D eigenvalue weighted by atomic mass is 35.5. The number of alkyl halides is 4. The van der Waals surface area contributed by atoms with E-state index in [1.807, 2.05) is 0 Å². The van der Waals surface area contributed by atoms with E-state index in [0.29, 0.717) is 10.5 Å². The average molecular weight is 488 g/mol. The number of aliphatic hydroxyl groups excluding tert-OH is 1. The molecule has 4 rings (SSSR count). The minimum atomic E-state index is -5.19. The molecule has 2 aliphatic rings. The van der Waals surface area contributed by atoms with Crippen LogP contribution >= 0.6 is 23.4 Å². The van der Waals surface area contributed by atoms with Crippen LogP contribution in [-0.4, -0.2) is 46.1 Å². The van der Waals surface area contributed by atoms with E-state index in [-0.39, 0.29) is 0 Å². The first-order valence-corrected chi connectivity index (χ1v) is 10.7. The van der Waals surface area contributed by atoms with Gasteiger partial charge in [-0.25, -0.2) is 0 Å². The number of azide groups is 1. The summed E-state index contributed by atoms with van der Waals surface area (Å²) < 4.78 is 60.6. The molecule has 0 amide bonds. The van der Waals surface area contributed by atoms with E-state index in [1.54, 1.807) is 48.5 Å². The maximum atomic E-state index is 14.7. The minimum absolute atomic E-state index is 0.296. The molecule has 0 aliphatic carbocycles. The minimum Gasteiger partial charge on any atom is -0.387 e. The van der Waals surface area contributed by atoms with Crippen LogP contribution in [0.15, 0.2) is 70.7 Å². The van der Waals surface area contributed by atoms with Gasteiger partial charge in [0.25, 0.3) is 0 Å². The lowest BCUT2D eigenvalue weighted by molar-refractivity contribution is -0.421. The first-order valence-electron chi connectivity index (χ1n) is 9.44. The molecule has 32 heavy (non-hydrogen) atoms. The zero-order valence-electron chi connectivity index (χ0n) is 16.2. The summed E-state index contributed by atoms with van der Waals surface area (Å²) in [6.07, 6.45) is -10.5. The first-order chi connectivity index (χ1) is 15.2. The van der Waals surface area contributed by atoms with Crippen molar-refractivity contribution in [3.63, 3.8) is 0 Å². The van der Waals surface area contributed by atoms with Gasteiger partial charge in [-0.05, 0) is 17.7 Å². The number of benzene rings is 2. The van der Waals surface area contributed by atoms with Gasteiger partial charge in [0, 0.05) is 15.4 Å². The molecule has 1 N–H and O–H groups in total. The quantitative estimate of drug-likeness (QED) is 0.211. The summed E-state index contributed by atoms with van der Waals surface area (Å²) in [7, 11) is 0. The molecular weight excluding hydrogens is 471 g/mol. The van der Waals surface area contributed by atoms with E-state index < -0.39 is 47.3 Å². The van der Waals surface area contributed by atoms with Crippen molar-refractivity contribution >= 4 is 23.4 Å². The number of ether oxygens (including phenoxy) is 3. The Hall–Kier alpha value is -1.98. The number of hydrogen-bond acceptors (Lipinski definition) is 6. The van der Waals surface area contributed by atoms with E-state index in [2.05, 4.69) is 10.0 Å². The fraction of sp³-hybridized carbons (Fsp3) is 0.400. The topological polar surface area (TPSA) is 96.7 Å². The molecule has 2 unspecified atom stereocenters. The van der Waals surface area contributed by atoms with Crippen molar-refractivity contribution in [1.29, 1.82) is 0 Å². The Balaban J connectivity index is 1.79. The van der Waals surface area contributed by atoms with Crippen molar-refractivity contribution < 1.29 is 32.5 Å². The summed E-state index contributed by atoms with van der Waals surface area (Å²) in [5.41, 5.74) is 4.72. The normalized spacial score (nSPS) is 34.9. The Morgan fingerprint density at radius 1 is 1.12 bits per heavy atom. The van der Waals surface area contributed by atoms with Crippen LogP contribution in [0.3, 0.4) is 0 Å². The van der Waals surface area contributed by atoms with Gasteiger partial charge >= 0.3 is 6.18 Å². The van der Waals surface area contributed by atoms with Crippen molar-refractivity contribution in [2.24, 2.45) is 5.11 Å². The first kappa shape index (κ1) is 23.2. The summed E-state index contributed by atoms with van der Waals surface area (Å²) in [5, 5.41) is 14.2. The summed E-state index contributed by atoms with van der Waals surface area (Å²) in [4.78, 5) is 0.159. The number of nitrogens with zero attached hydrogens (tertiary/aromatic N) is 3. The molecular formula is C20H17ClF3N3O4S. The summed E-state index contributed by atoms with van der Waals surface area (Å²) in [6.45, 7) is -0.562. The molecule has 2 fully saturated rings. The number of hydrogen-bond donors (Lipinski definition) is 1. The van der Waals surface area contributed by atoms with Crippen molar-refractivity contribution in [3.8, 4) is 0 Å². The highest BCUT2D eigenvalue weighted by Crippen LogP contribution is 2.59. The van der Waals surface area contributed by atoms with Gasteiger partial charge in [0.1, 0.15) is 17.6 Å². The number of aliphatic hydroxyl groups is 1. The Morgan fingerprint density at radius 3 is 2.34 bits per heavy atom. The Morgan fingerprint density at radius 2 is 1.75 bits per heavy atom. The molecule has 0 radical (unpaired) electrons. The predicted octanol–water partition coefficient (Wildman–Crippen LogP) is 5.16. The van der Waals surface area contributed by atoms with Gasteiger partial charge in [0.2, 0.25) is 5.60 Å². The monoisotopic (exact) mass is 487 g/mol. The van der Waals surface area contributed by atoms with Gasteiger partial charge in [-0.15, -0.1) is 11.6 Å². The summed E-state index contributed by atoms with van der Waals surface area (Å²) in [5.74, 6) is 0. The zero-order valence-corrected chi connectivity index (χ0v) is 17.8. The third-order valence-electron chi connectivity index (χ3n) is 5.29. The Bertz CT molecular complexity index is 999. The number of rotatable bonds is 4. The molecule has 2 aromatic rings. The molecule has 2 saturated heterocycles. The number of fused-ring (bicyclic) bond motifs is 1. The standard InChI is InChI=1S/C20H17ClF3N3O4S/c21-19(26-27-25)15(28)17(32-13-9-5-2-6-10-13)30-14-11-29-16(12-7-3-1-4-8-12)31-18(14,19)20(22,23)24/h1-10,14-17,28H,11H2/t14-,15+,16?,17-,18-,19?/m1/s1. The van der Waals surface area contributed by atoms with Crippen LogP contribution in [0.5, 0.6) is 0 Å². The van der Waals surface area contributed by atoms with E-state index in [0.717, 1.165) is 11.8 Å². The van der Waals surface area contributed by atoms with E-state index >= 15 is 0 Å². The summed E-state index contributed by atoms with van der Waals surface area (Å²) >= 11 is 7.33. The molecule has 2 heterocycles. The molecule has 12 heteroatoms. The van der Waals surface area contributed by atoms with Crippen LogP contribution in [0.1, 0.15) is 11.9 Å². The molecule has 0 bridgehead atoms. The van der Waals surface area contributed by atoms with Crippen LogP contribution in [0, 0.1) is 0 Å². The van der Waals surface area contributed by atoms with Crippen molar-refractivity contribution in [1.82, 2.24) is 0 Å². The third-order valence-corrected chi connectivity index (χ3v) is 7.02. The van der Waals surface area contributed by atoms with Gasteiger partial charge in [-0.2, -0.15) is 13.2 Å². The fourth-order valence-corrected chi connectivity index (χ4v) is 5.39. The third kappa shape index (κ3) is 3.73. The van der Waals surface area contributed by atoms with Gasteiger partial charge in [0.15, 0.2) is 11.3 Å². The zero-order chi connectivity index (χ0) is 23.0. The molecule has 2 aromatic carbocycles. The maximum Gasteiger partial charge on any atom is 0.422 e. The predicted molar refractivity (Wildman–Crippen MR) is 110 cm³/mol. The van der Waals surface area contributed by atoms with Crippen LogP contribution in [0.4, 0.5) is 13.2 Å². The largest absolute Gasteiger partial charge is 0.422 e. The SMILES string of the molecule is [N-]=[N+]=NC1(Cl)[C@@H](O)[C@@H](Sc2ccccc2)O[C@@H]2COC(c3ccccc3)O[C@]21C(F)(F)F. The van der Waals surface area contributed by atoms with Gasteiger partial charge in [0.05, 0.1) is 6.61 Å². The molecule has 6 atom stereocenters. The molecule has 0 saturated carbocycles. The van der Waals surface area contributed by atoms with Gasteiger partial charge in [-0.3, -0.25) is 0 Å². The lowest BCUT2D eigenvalue weighted by Gasteiger charge is -2.58. The highest BCUT2D eigenvalue weighted by molar-refractivity contribution is 7.99. The van der Waals surface area contributed by atoms with Crippen LogP contribution in [0.2, 0.25) is 0 Å². The molecule has 170 valence electrons. The second-order valence-electron chi connectivity index (χ2n) is 7.16. The molecule has 2 aliphatic heterocycles. The average Bonchev–Trinajstić information content (AvgIpc) is 2.78. The number of halogens is 4.